The van der Waals surface area contributed by atoms with Crippen molar-refractivity contribution >= 4 is 12.0 Å². The molecule has 0 saturated carbocycles. The van der Waals surface area contributed by atoms with E-state index in [4.69, 9.17) is 0 Å². The monoisotopic (exact) mass is 302 g/mol. The minimum absolute atomic E-state index is 0.0440. The molecule has 3 nitrogen and oxygen atoms in total. The standard InChI is InChI=1S/C20H18N2O/c23-20-13-17(21-14-15-6-2-1-3-7-15)12-19-18-9-5-4-8-16(18)10-11-22(19)20/h1-11,13,19,21H,12,14H2. The van der Waals surface area contributed by atoms with Gasteiger partial charge in [-0.3, -0.25) is 4.79 Å². The van der Waals surface area contributed by atoms with E-state index >= 15 is 0 Å². The van der Waals surface area contributed by atoms with Crippen molar-refractivity contribution in [2.45, 2.75) is 19.0 Å². The van der Waals surface area contributed by atoms with Gasteiger partial charge >= 0.3 is 0 Å². The Hall–Kier alpha value is -2.81. The molecule has 114 valence electrons. The molecule has 0 saturated heterocycles. The van der Waals surface area contributed by atoms with E-state index in [1.165, 1.54) is 16.7 Å². The van der Waals surface area contributed by atoms with Crippen molar-refractivity contribution in [3.63, 3.8) is 0 Å². The summed E-state index contributed by atoms with van der Waals surface area (Å²) in [5, 5.41) is 3.42. The smallest absolute Gasteiger partial charge is 0.252 e. The summed E-state index contributed by atoms with van der Waals surface area (Å²) in [6.45, 7) is 0.740. The average Bonchev–Trinajstić information content (AvgIpc) is 2.61. The van der Waals surface area contributed by atoms with Crippen LogP contribution < -0.4 is 5.32 Å². The number of fused-ring (bicyclic) bond motifs is 3. The van der Waals surface area contributed by atoms with Crippen LogP contribution in [0.3, 0.4) is 0 Å². The molecule has 1 amide bonds. The van der Waals surface area contributed by atoms with Gasteiger partial charge in [-0.1, -0.05) is 54.6 Å². The molecule has 2 aliphatic heterocycles. The molecule has 2 aliphatic rings. The lowest BCUT2D eigenvalue weighted by Gasteiger charge is -2.36. The largest absolute Gasteiger partial charge is 0.384 e. The Labute approximate surface area is 135 Å². The zero-order chi connectivity index (χ0) is 15.6. The Bertz CT molecular complexity index is 792. The summed E-state index contributed by atoms with van der Waals surface area (Å²) in [5.41, 5.74) is 4.64. The first kappa shape index (κ1) is 13.8. The van der Waals surface area contributed by atoms with E-state index < -0.39 is 0 Å². The van der Waals surface area contributed by atoms with Crippen molar-refractivity contribution in [1.82, 2.24) is 10.2 Å². The van der Waals surface area contributed by atoms with E-state index in [1.54, 1.807) is 6.08 Å². The number of rotatable bonds is 3. The number of carbonyl (C=O) groups excluding carboxylic acids is 1. The minimum atomic E-state index is 0.0440. The highest BCUT2D eigenvalue weighted by Gasteiger charge is 2.31. The van der Waals surface area contributed by atoms with Gasteiger partial charge in [0.15, 0.2) is 0 Å². The van der Waals surface area contributed by atoms with Crippen LogP contribution in [0.4, 0.5) is 0 Å². The first-order valence-electron chi connectivity index (χ1n) is 7.89. The Kier molecular flexibility index (Phi) is 3.46. The van der Waals surface area contributed by atoms with E-state index in [0.29, 0.717) is 0 Å². The first-order valence-corrected chi connectivity index (χ1v) is 7.89. The number of benzene rings is 2. The molecule has 1 atom stereocenters. The highest BCUT2D eigenvalue weighted by atomic mass is 16.2. The minimum Gasteiger partial charge on any atom is -0.384 e. The fourth-order valence-corrected chi connectivity index (χ4v) is 3.24. The molecule has 0 radical (unpaired) electrons. The van der Waals surface area contributed by atoms with Crippen LogP contribution in [-0.2, 0) is 11.3 Å². The molecule has 0 spiro atoms. The lowest BCUT2D eigenvalue weighted by molar-refractivity contribution is -0.126. The quantitative estimate of drug-likeness (QED) is 0.939. The van der Waals surface area contributed by atoms with E-state index in [2.05, 4.69) is 29.6 Å². The summed E-state index contributed by atoms with van der Waals surface area (Å²) in [6, 6.07) is 18.6. The molecule has 4 rings (SSSR count). The summed E-state index contributed by atoms with van der Waals surface area (Å²) in [6.07, 6.45) is 6.46. The average molecular weight is 302 g/mol. The molecule has 23 heavy (non-hydrogen) atoms. The molecule has 1 N–H and O–H groups in total. The number of nitrogens with zero attached hydrogens (tertiary/aromatic N) is 1. The normalized spacial score (nSPS) is 19.0. The molecule has 0 bridgehead atoms. The van der Waals surface area contributed by atoms with E-state index in [9.17, 15) is 4.79 Å². The molecule has 0 fully saturated rings. The molecule has 2 aromatic carbocycles. The third-order valence-electron chi connectivity index (χ3n) is 4.43. The second kappa shape index (κ2) is 5.76. The van der Waals surface area contributed by atoms with Gasteiger partial charge in [-0.15, -0.1) is 0 Å². The highest BCUT2D eigenvalue weighted by molar-refractivity contribution is 5.91. The molecule has 2 heterocycles. The van der Waals surface area contributed by atoms with Crippen molar-refractivity contribution in [1.29, 1.82) is 0 Å². The van der Waals surface area contributed by atoms with Gasteiger partial charge in [-0.2, -0.15) is 0 Å². The maximum atomic E-state index is 12.4. The molecule has 1 unspecified atom stereocenters. The van der Waals surface area contributed by atoms with Crippen LogP contribution in [0.25, 0.3) is 6.08 Å². The summed E-state index contributed by atoms with van der Waals surface area (Å²) in [7, 11) is 0. The Morgan fingerprint density at radius 2 is 1.83 bits per heavy atom. The van der Waals surface area contributed by atoms with Gasteiger partial charge in [-0.05, 0) is 22.8 Å². The predicted molar refractivity (Wildman–Crippen MR) is 91.0 cm³/mol. The van der Waals surface area contributed by atoms with Gasteiger partial charge in [0, 0.05) is 30.9 Å². The highest BCUT2D eigenvalue weighted by Crippen LogP contribution is 2.36. The SMILES string of the molecule is O=C1C=C(NCc2ccccc2)CC2c3ccccc3C=CN12. The van der Waals surface area contributed by atoms with Crippen molar-refractivity contribution in [2.75, 3.05) is 0 Å². The summed E-state index contributed by atoms with van der Waals surface area (Å²) < 4.78 is 0. The van der Waals surface area contributed by atoms with Crippen LogP contribution in [0.1, 0.15) is 29.2 Å². The second-order valence-corrected chi connectivity index (χ2v) is 5.92. The number of hydrogen-bond donors (Lipinski definition) is 1. The molecule has 2 aromatic rings. The van der Waals surface area contributed by atoms with Crippen molar-refractivity contribution in [3.8, 4) is 0 Å². The first-order chi connectivity index (χ1) is 11.3. The third-order valence-corrected chi connectivity index (χ3v) is 4.43. The Morgan fingerprint density at radius 3 is 2.70 bits per heavy atom. The number of carbonyl (C=O) groups is 1. The van der Waals surface area contributed by atoms with Crippen molar-refractivity contribution in [3.05, 3.63) is 89.3 Å². The van der Waals surface area contributed by atoms with Crippen LogP contribution in [0.15, 0.2) is 72.6 Å². The van der Waals surface area contributed by atoms with E-state index in [0.717, 1.165) is 18.7 Å². The van der Waals surface area contributed by atoms with Gasteiger partial charge in [0.1, 0.15) is 0 Å². The fourth-order valence-electron chi connectivity index (χ4n) is 3.24. The topological polar surface area (TPSA) is 32.3 Å². The number of nitrogens with one attached hydrogen (secondary N) is 1. The summed E-state index contributed by atoms with van der Waals surface area (Å²) in [4.78, 5) is 14.2. The van der Waals surface area contributed by atoms with Gasteiger partial charge in [0.25, 0.3) is 5.91 Å². The lowest BCUT2D eigenvalue weighted by atomic mass is 9.90. The maximum Gasteiger partial charge on any atom is 0.252 e. The number of amides is 1. The van der Waals surface area contributed by atoms with E-state index in [-0.39, 0.29) is 11.9 Å². The lowest BCUT2D eigenvalue weighted by Crippen LogP contribution is -2.37. The Morgan fingerprint density at radius 1 is 1.04 bits per heavy atom. The molecule has 3 heteroatoms. The third kappa shape index (κ3) is 2.66. The van der Waals surface area contributed by atoms with Crippen LogP contribution in [-0.4, -0.2) is 10.8 Å². The van der Waals surface area contributed by atoms with Crippen LogP contribution in [0.2, 0.25) is 0 Å². The van der Waals surface area contributed by atoms with Gasteiger partial charge < -0.3 is 10.2 Å². The zero-order valence-corrected chi connectivity index (χ0v) is 12.8. The van der Waals surface area contributed by atoms with Crippen LogP contribution in [0.5, 0.6) is 0 Å². The molecular formula is C20H18N2O. The molecular weight excluding hydrogens is 284 g/mol. The Balaban J connectivity index is 1.56. The van der Waals surface area contributed by atoms with E-state index in [1.807, 2.05) is 47.5 Å². The van der Waals surface area contributed by atoms with Crippen molar-refractivity contribution in [2.24, 2.45) is 0 Å². The van der Waals surface area contributed by atoms with Gasteiger partial charge in [0.05, 0.1) is 6.04 Å². The van der Waals surface area contributed by atoms with Gasteiger partial charge in [0.2, 0.25) is 0 Å². The zero-order valence-electron chi connectivity index (χ0n) is 12.8. The fraction of sp³-hybridized carbons (Fsp3) is 0.150. The summed E-state index contributed by atoms with van der Waals surface area (Å²) in [5.74, 6) is 0.0440. The van der Waals surface area contributed by atoms with Crippen LogP contribution in [0, 0.1) is 0 Å². The maximum absolute atomic E-state index is 12.4. The second-order valence-electron chi connectivity index (χ2n) is 5.92. The van der Waals surface area contributed by atoms with Gasteiger partial charge in [-0.25, -0.2) is 0 Å². The summed E-state index contributed by atoms with van der Waals surface area (Å²) >= 11 is 0. The van der Waals surface area contributed by atoms with Crippen LogP contribution >= 0.6 is 0 Å². The molecule has 0 aromatic heterocycles. The number of hydrogen-bond acceptors (Lipinski definition) is 2. The van der Waals surface area contributed by atoms with Crippen molar-refractivity contribution < 1.29 is 4.79 Å². The molecule has 0 aliphatic carbocycles. The predicted octanol–water partition coefficient (Wildman–Crippen LogP) is 3.62.